The second-order valence-electron chi connectivity index (χ2n) is 10.0. The zero-order chi connectivity index (χ0) is 26.6. The van der Waals surface area contributed by atoms with Crippen LogP contribution in [0.2, 0.25) is 0 Å². The lowest BCUT2D eigenvalue weighted by Gasteiger charge is -2.12. The van der Waals surface area contributed by atoms with Crippen LogP contribution in [0.3, 0.4) is 0 Å². The number of hydrogen-bond donors (Lipinski definition) is 0. The standard InChI is InChI=1S/C36H22N4/c1-37-26-16-17-35-32(22-26)30-13-3-5-15-34(30)39(35)27-10-6-8-24(20-27)25-9-7-11-28(21-25)40-33-14-4-2-12-29(33)31-18-19-38-23-36(31)40/h2-23H. The Morgan fingerprint density at radius 1 is 0.500 bits per heavy atom. The van der Waals surface area contributed by atoms with Crippen LogP contribution in [0.4, 0.5) is 5.69 Å². The fraction of sp³-hybridized carbons (Fsp3) is 0. The fourth-order valence-corrected chi connectivity index (χ4v) is 6.05. The Bertz CT molecular complexity index is 2240. The summed E-state index contributed by atoms with van der Waals surface area (Å²) >= 11 is 0. The molecule has 0 aliphatic heterocycles. The van der Waals surface area contributed by atoms with Gasteiger partial charge in [-0.15, -0.1) is 0 Å². The highest BCUT2D eigenvalue weighted by Crippen LogP contribution is 2.36. The maximum Gasteiger partial charge on any atom is 0.188 e. The third kappa shape index (κ3) is 3.28. The van der Waals surface area contributed by atoms with E-state index in [4.69, 9.17) is 6.57 Å². The van der Waals surface area contributed by atoms with Crippen molar-refractivity contribution < 1.29 is 0 Å². The summed E-state index contributed by atoms with van der Waals surface area (Å²) in [6.07, 6.45) is 3.81. The number of fused-ring (bicyclic) bond motifs is 6. The van der Waals surface area contributed by atoms with Gasteiger partial charge in [0.1, 0.15) is 0 Å². The van der Waals surface area contributed by atoms with Gasteiger partial charge in [-0.2, -0.15) is 0 Å². The van der Waals surface area contributed by atoms with Crippen molar-refractivity contribution in [2.24, 2.45) is 0 Å². The highest BCUT2D eigenvalue weighted by molar-refractivity contribution is 6.11. The summed E-state index contributed by atoms with van der Waals surface area (Å²) in [5, 5.41) is 4.66. The van der Waals surface area contributed by atoms with Crippen molar-refractivity contribution >= 4 is 49.3 Å². The molecule has 0 spiro atoms. The number of aromatic nitrogens is 3. The lowest BCUT2D eigenvalue weighted by atomic mass is 10.0. The topological polar surface area (TPSA) is 27.1 Å². The molecule has 0 radical (unpaired) electrons. The van der Waals surface area contributed by atoms with Crippen LogP contribution in [0.1, 0.15) is 0 Å². The van der Waals surface area contributed by atoms with Gasteiger partial charge in [0.25, 0.3) is 0 Å². The van der Waals surface area contributed by atoms with E-state index in [9.17, 15) is 0 Å². The molecule has 0 amide bonds. The van der Waals surface area contributed by atoms with E-state index in [2.05, 4.69) is 128 Å². The minimum Gasteiger partial charge on any atom is -0.309 e. The molecule has 0 N–H and O–H groups in total. The van der Waals surface area contributed by atoms with E-state index >= 15 is 0 Å². The van der Waals surface area contributed by atoms with E-state index < -0.39 is 0 Å². The molecule has 8 rings (SSSR count). The number of para-hydroxylation sites is 2. The summed E-state index contributed by atoms with van der Waals surface area (Å²) in [6, 6.07) is 42.4. The number of pyridine rings is 1. The van der Waals surface area contributed by atoms with Crippen molar-refractivity contribution in [1.29, 1.82) is 0 Å². The van der Waals surface area contributed by atoms with Gasteiger partial charge in [0.2, 0.25) is 0 Å². The van der Waals surface area contributed by atoms with Crippen molar-refractivity contribution in [3.05, 3.63) is 145 Å². The van der Waals surface area contributed by atoms with Gasteiger partial charge in [-0.05, 0) is 71.1 Å². The molecule has 3 heterocycles. The molecule has 4 heteroatoms. The molecular formula is C36H22N4. The van der Waals surface area contributed by atoms with Crippen LogP contribution >= 0.6 is 0 Å². The molecule has 0 saturated carbocycles. The van der Waals surface area contributed by atoms with Crippen LogP contribution in [0.25, 0.3) is 71.0 Å². The van der Waals surface area contributed by atoms with E-state index in [1.807, 2.05) is 24.5 Å². The maximum absolute atomic E-state index is 7.49. The number of rotatable bonds is 3. The van der Waals surface area contributed by atoms with Gasteiger partial charge in [-0.3, -0.25) is 4.98 Å². The molecule has 0 fully saturated rings. The SMILES string of the molecule is [C-]#[N+]c1ccc2c(c1)c1ccccc1n2-c1cccc(-c2cccc(-n3c4ccccc4c4ccncc43)c2)c1. The third-order valence-corrected chi connectivity index (χ3v) is 7.80. The zero-order valence-corrected chi connectivity index (χ0v) is 21.5. The lowest BCUT2D eigenvalue weighted by molar-refractivity contribution is 1.16. The number of benzene rings is 5. The second kappa shape index (κ2) is 8.69. The van der Waals surface area contributed by atoms with Crippen molar-refractivity contribution in [3.8, 4) is 22.5 Å². The van der Waals surface area contributed by atoms with Crippen LogP contribution in [-0.2, 0) is 0 Å². The molecule has 0 aliphatic rings. The molecule has 186 valence electrons. The Morgan fingerprint density at radius 3 is 1.75 bits per heavy atom. The monoisotopic (exact) mass is 510 g/mol. The fourth-order valence-electron chi connectivity index (χ4n) is 6.05. The molecule has 0 bridgehead atoms. The molecule has 3 aromatic heterocycles. The average Bonchev–Trinajstić information content (AvgIpc) is 3.54. The van der Waals surface area contributed by atoms with Crippen molar-refractivity contribution in [3.63, 3.8) is 0 Å². The summed E-state index contributed by atoms with van der Waals surface area (Å²) < 4.78 is 4.59. The average molecular weight is 511 g/mol. The highest BCUT2D eigenvalue weighted by atomic mass is 15.0. The predicted octanol–water partition coefficient (Wildman–Crippen LogP) is 9.49. The van der Waals surface area contributed by atoms with Crippen LogP contribution < -0.4 is 0 Å². The predicted molar refractivity (Wildman–Crippen MR) is 165 cm³/mol. The molecule has 4 nitrogen and oxygen atoms in total. The molecule has 0 saturated heterocycles. The Labute approximate surface area is 230 Å². The summed E-state index contributed by atoms with van der Waals surface area (Å²) in [7, 11) is 0. The smallest absolute Gasteiger partial charge is 0.188 e. The van der Waals surface area contributed by atoms with E-state index in [0.29, 0.717) is 5.69 Å². The Hall–Kier alpha value is -5.66. The summed E-state index contributed by atoms with van der Waals surface area (Å²) in [5.41, 5.74) is 9.62. The van der Waals surface area contributed by atoms with Crippen LogP contribution in [0.15, 0.2) is 134 Å². The van der Waals surface area contributed by atoms with Gasteiger partial charge in [-0.1, -0.05) is 66.7 Å². The normalized spacial score (nSPS) is 11.5. The number of hydrogen-bond acceptors (Lipinski definition) is 1. The van der Waals surface area contributed by atoms with Gasteiger partial charge < -0.3 is 9.13 Å². The first-order valence-corrected chi connectivity index (χ1v) is 13.3. The Balaban J connectivity index is 1.31. The Morgan fingerprint density at radius 2 is 1.07 bits per heavy atom. The largest absolute Gasteiger partial charge is 0.309 e. The van der Waals surface area contributed by atoms with Crippen molar-refractivity contribution in [1.82, 2.24) is 14.1 Å². The summed E-state index contributed by atoms with van der Waals surface area (Å²) in [5.74, 6) is 0. The van der Waals surface area contributed by atoms with E-state index in [1.165, 1.54) is 16.3 Å². The van der Waals surface area contributed by atoms with Gasteiger partial charge >= 0.3 is 0 Å². The van der Waals surface area contributed by atoms with E-state index in [1.54, 1.807) is 0 Å². The van der Waals surface area contributed by atoms with E-state index in [0.717, 1.165) is 49.8 Å². The molecule has 8 aromatic rings. The molecule has 0 atom stereocenters. The minimum absolute atomic E-state index is 0.654. The zero-order valence-electron chi connectivity index (χ0n) is 21.5. The lowest BCUT2D eigenvalue weighted by Crippen LogP contribution is -1.96. The highest BCUT2D eigenvalue weighted by Gasteiger charge is 2.15. The summed E-state index contributed by atoms with van der Waals surface area (Å²) in [4.78, 5) is 8.10. The molecule has 0 aliphatic carbocycles. The van der Waals surface area contributed by atoms with Crippen molar-refractivity contribution in [2.75, 3.05) is 0 Å². The number of nitrogens with zero attached hydrogens (tertiary/aromatic N) is 4. The van der Waals surface area contributed by atoms with E-state index in [-0.39, 0.29) is 0 Å². The van der Waals surface area contributed by atoms with Gasteiger partial charge in [0, 0.05) is 33.7 Å². The van der Waals surface area contributed by atoms with Gasteiger partial charge in [0.05, 0.1) is 34.8 Å². The first kappa shape index (κ1) is 22.3. The third-order valence-electron chi connectivity index (χ3n) is 7.80. The molecule has 40 heavy (non-hydrogen) atoms. The quantitative estimate of drug-likeness (QED) is 0.217. The summed E-state index contributed by atoms with van der Waals surface area (Å²) in [6.45, 7) is 7.49. The van der Waals surface area contributed by atoms with Crippen LogP contribution in [0.5, 0.6) is 0 Å². The van der Waals surface area contributed by atoms with Gasteiger partial charge in [-0.25, -0.2) is 4.85 Å². The first-order chi connectivity index (χ1) is 19.8. The molecular weight excluding hydrogens is 488 g/mol. The maximum atomic E-state index is 7.49. The minimum atomic E-state index is 0.654. The Kier molecular flexibility index (Phi) is 4.85. The molecule has 5 aromatic carbocycles. The first-order valence-electron chi connectivity index (χ1n) is 13.3. The van der Waals surface area contributed by atoms with Crippen molar-refractivity contribution in [2.45, 2.75) is 0 Å². The van der Waals surface area contributed by atoms with Crippen LogP contribution in [0, 0.1) is 6.57 Å². The molecule has 0 unspecified atom stereocenters. The second-order valence-corrected chi connectivity index (χ2v) is 10.0. The van der Waals surface area contributed by atoms with Crippen LogP contribution in [-0.4, -0.2) is 14.1 Å². The van der Waals surface area contributed by atoms with Gasteiger partial charge in [0.15, 0.2) is 5.69 Å².